The van der Waals surface area contributed by atoms with Crippen LogP contribution < -0.4 is 0 Å². The van der Waals surface area contributed by atoms with Crippen LogP contribution >= 0.6 is 11.6 Å². The maximum Gasteiger partial charge on any atom is 0.244 e. The number of hydrogen-bond acceptors (Lipinski definition) is 4. The van der Waals surface area contributed by atoms with Gasteiger partial charge in [0.1, 0.15) is 4.90 Å². The highest BCUT2D eigenvalue weighted by molar-refractivity contribution is 7.89. The molecule has 0 unspecified atom stereocenters. The van der Waals surface area contributed by atoms with Crippen LogP contribution in [-0.2, 0) is 10.0 Å². The summed E-state index contributed by atoms with van der Waals surface area (Å²) < 4.78 is 27.1. The molecule has 0 aromatic heterocycles. The van der Waals surface area contributed by atoms with E-state index in [4.69, 9.17) is 11.6 Å². The molecule has 3 rings (SSSR count). The van der Waals surface area contributed by atoms with E-state index in [1.54, 1.807) is 28.6 Å². The van der Waals surface area contributed by atoms with Gasteiger partial charge in [0, 0.05) is 32.2 Å². The van der Waals surface area contributed by atoms with Gasteiger partial charge in [-0.15, -0.1) is 0 Å². The topological polar surface area (TPSA) is 43.9 Å². The summed E-state index contributed by atoms with van der Waals surface area (Å²) in [5, 5.41) is 0.297. The van der Waals surface area contributed by atoms with Crippen LogP contribution in [0.4, 0.5) is 0 Å². The molecule has 5 nitrogen and oxygen atoms in total. The second kappa shape index (κ2) is 8.35. The summed E-state index contributed by atoms with van der Waals surface area (Å²) in [5.74, 6) is 0. The molecule has 0 radical (unpaired) electrons. The van der Waals surface area contributed by atoms with Gasteiger partial charge in [-0.05, 0) is 51.5 Å². The Morgan fingerprint density at radius 3 is 2.48 bits per heavy atom. The monoisotopic (exact) mass is 385 g/mol. The molecule has 0 spiro atoms. The third kappa shape index (κ3) is 4.55. The van der Waals surface area contributed by atoms with E-state index < -0.39 is 10.0 Å². The molecule has 0 saturated carbocycles. The number of piperazine rings is 1. The Bertz CT molecular complexity index is 675. The Hall–Kier alpha value is -0.660. The summed E-state index contributed by atoms with van der Waals surface area (Å²) in [6, 6.07) is 7.37. The molecule has 2 aliphatic rings. The molecular formula is C18H28ClN3O2S. The molecule has 25 heavy (non-hydrogen) atoms. The first-order chi connectivity index (χ1) is 12.0. The fraction of sp³-hybridized carbons (Fsp3) is 0.667. The lowest BCUT2D eigenvalue weighted by Crippen LogP contribution is -2.49. The molecule has 0 N–H and O–H groups in total. The van der Waals surface area contributed by atoms with E-state index in [2.05, 4.69) is 16.8 Å². The molecule has 7 heteroatoms. The van der Waals surface area contributed by atoms with Crippen LogP contribution in [0.1, 0.15) is 25.7 Å². The molecule has 0 amide bonds. The maximum atomic E-state index is 12.8. The number of nitrogens with zero attached hydrogens (tertiary/aromatic N) is 3. The zero-order valence-corrected chi connectivity index (χ0v) is 16.5. The fourth-order valence-electron chi connectivity index (χ4n) is 3.83. The van der Waals surface area contributed by atoms with Gasteiger partial charge in [0.2, 0.25) is 10.0 Å². The zero-order chi connectivity index (χ0) is 17.9. The van der Waals surface area contributed by atoms with Crippen molar-refractivity contribution in [3.63, 3.8) is 0 Å². The highest BCUT2D eigenvalue weighted by Gasteiger charge is 2.30. The van der Waals surface area contributed by atoms with Gasteiger partial charge in [-0.25, -0.2) is 8.42 Å². The summed E-state index contributed by atoms with van der Waals surface area (Å²) in [6.45, 7) is 4.91. The first-order valence-corrected chi connectivity index (χ1v) is 11.0. The summed E-state index contributed by atoms with van der Waals surface area (Å²) in [6.07, 6.45) is 5.11. The fourth-order valence-corrected chi connectivity index (χ4v) is 5.74. The standard InChI is InChI=1S/C18H28ClN3O2S/c1-20-10-5-4-6-16(20)9-11-21-12-14-22(15-13-21)25(23,24)18-8-3-2-7-17(18)19/h2-3,7-8,16H,4-6,9-15H2,1H3/t16-/m1/s1. The van der Waals surface area contributed by atoms with E-state index >= 15 is 0 Å². The van der Waals surface area contributed by atoms with Crippen LogP contribution in [0.15, 0.2) is 29.2 Å². The molecule has 140 valence electrons. The van der Waals surface area contributed by atoms with Crippen molar-refractivity contribution >= 4 is 21.6 Å². The van der Waals surface area contributed by atoms with Gasteiger partial charge in [0.25, 0.3) is 0 Å². The molecule has 2 aliphatic heterocycles. The van der Waals surface area contributed by atoms with Gasteiger partial charge in [-0.3, -0.25) is 0 Å². The number of rotatable bonds is 5. The van der Waals surface area contributed by atoms with Crippen molar-refractivity contribution in [2.24, 2.45) is 0 Å². The molecule has 0 bridgehead atoms. The number of likely N-dealkylation sites (tertiary alicyclic amines) is 1. The smallest absolute Gasteiger partial charge is 0.244 e. The molecule has 2 heterocycles. The van der Waals surface area contributed by atoms with Crippen molar-refractivity contribution in [3.05, 3.63) is 29.3 Å². The summed E-state index contributed by atoms with van der Waals surface area (Å²) >= 11 is 6.09. The van der Waals surface area contributed by atoms with Crippen molar-refractivity contribution in [2.75, 3.05) is 46.3 Å². The van der Waals surface area contributed by atoms with Gasteiger partial charge >= 0.3 is 0 Å². The largest absolute Gasteiger partial charge is 0.303 e. The minimum Gasteiger partial charge on any atom is -0.303 e. The van der Waals surface area contributed by atoms with E-state index in [9.17, 15) is 8.42 Å². The van der Waals surface area contributed by atoms with E-state index in [-0.39, 0.29) is 4.90 Å². The summed E-state index contributed by atoms with van der Waals surface area (Å²) in [4.78, 5) is 5.08. The Labute approximate surface area is 156 Å². The van der Waals surface area contributed by atoms with Crippen LogP contribution in [0.25, 0.3) is 0 Å². The second-order valence-corrected chi connectivity index (χ2v) is 9.41. The molecule has 2 fully saturated rings. The Morgan fingerprint density at radius 1 is 1.08 bits per heavy atom. The lowest BCUT2D eigenvalue weighted by Gasteiger charge is -2.37. The van der Waals surface area contributed by atoms with E-state index in [1.165, 1.54) is 32.2 Å². The van der Waals surface area contributed by atoms with Gasteiger partial charge in [0.15, 0.2) is 0 Å². The van der Waals surface area contributed by atoms with Crippen molar-refractivity contribution in [1.29, 1.82) is 0 Å². The first-order valence-electron chi connectivity index (χ1n) is 9.16. The van der Waals surface area contributed by atoms with E-state index in [1.807, 2.05) is 0 Å². The molecular weight excluding hydrogens is 358 g/mol. The van der Waals surface area contributed by atoms with Crippen LogP contribution in [0.3, 0.4) is 0 Å². The number of halogens is 1. The lowest BCUT2D eigenvalue weighted by molar-refractivity contribution is 0.136. The second-order valence-electron chi connectivity index (χ2n) is 7.10. The van der Waals surface area contributed by atoms with Crippen molar-refractivity contribution < 1.29 is 8.42 Å². The molecule has 1 aromatic carbocycles. The normalized spacial score (nSPS) is 24.5. The third-order valence-electron chi connectivity index (χ3n) is 5.49. The quantitative estimate of drug-likeness (QED) is 0.781. The zero-order valence-electron chi connectivity index (χ0n) is 14.9. The number of sulfonamides is 1. The van der Waals surface area contributed by atoms with Crippen molar-refractivity contribution in [3.8, 4) is 0 Å². The molecule has 1 atom stereocenters. The minimum atomic E-state index is -3.49. The van der Waals surface area contributed by atoms with Crippen molar-refractivity contribution in [2.45, 2.75) is 36.6 Å². The maximum absolute atomic E-state index is 12.8. The minimum absolute atomic E-state index is 0.217. The first kappa shape index (κ1) is 19.1. The number of piperidine rings is 1. The predicted molar refractivity (Wildman–Crippen MR) is 102 cm³/mol. The average Bonchev–Trinajstić information content (AvgIpc) is 2.61. The Balaban J connectivity index is 1.52. The summed E-state index contributed by atoms with van der Waals surface area (Å²) in [7, 11) is -1.27. The highest BCUT2D eigenvalue weighted by atomic mass is 35.5. The predicted octanol–water partition coefficient (Wildman–Crippen LogP) is 2.52. The van der Waals surface area contributed by atoms with E-state index in [0.29, 0.717) is 24.2 Å². The van der Waals surface area contributed by atoms with Crippen molar-refractivity contribution in [1.82, 2.24) is 14.1 Å². The van der Waals surface area contributed by atoms with Crippen LogP contribution in [0, 0.1) is 0 Å². The van der Waals surface area contributed by atoms with Gasteiger partial charge in [-0.1, -0.05) is 30.2 Å². The highest BCUT2D eigenvalue weighted by Crippen LogP contribution is 2.25. The third-order valence-corrected chi connectivity index (χ3v) is 7.88. The number of hydrogen-bond donors (Lipinski definition) is 0. The summed E-state index contributed by atoms with van der Waals surface area (Å²) in [5.41, 5.74) is 0. The Kier molecular flexibility index (Phi) is 6.39. The van der Waals surface area contributed by atoms with Crippen LogP contribution in [-0.4, -0.2) is 74.9 Å². The van der Waals surface area contributed by atoms with Gasteiger partial charge in [0.05, 0.1) is 5.02 Å². The SMILES string of the molecule is CN1CCCC[C@@H]1CCN1CCN(S(=O)(=O)c2ccccc2Cl)CC1. The van der Waals surface area contributed by atoms with Gasteiger partial charge < -0.3 is 9.80 Å². The average molecular weight is 386 g/mol. The van der Waals surface area contributed by atoms with Crippen LogP contribution in [0.5, 0.6) is 0 Å². The van der Waals surface area contributed by atoms with Crippen LogP contribution in [0.2, 0.25) is 5.02 Å². The molecule has 0 aliphatic carbocycles. The molecule has 2 saturated heterocycles. The number of benzene rings is 1. The van der Waals surface area contributed by atoms with E-state index in [0.717, 1.165) is 19.6 Å². The molecule has 1 aromatic rings. The lowest BCUT2D eigenvalue weighted by atomic mass is 10.00. The van der Waals surface area contributed by atoms with Gasteiger partial charge in [-0.2, -0.15) is 4.31 Å². The Morgan fingerprint density at radius 2 is 1.80 bits per heavy atom.